The Kier molecular flexibility index (Phi) is 3.12. The first kappa shape index (κ1) is 13.5. The number of hydrogen-bond acceptors (Lipinski definition) is 4. The van der Waals surface area contributed by atoms with Crippen LogP contribution in [0.2, 0.25) is 0 Å². The molecule has 0 atom stereocenters. The highest BCUT2D eigenvalue weighted by atomic mass is 16.5. The second-order valence-electron chi connectivity index (χ2n) is 5.27. The number of rotatable bonds is 2. The summed E-state index contributed by atoms with van der Waals surface area (Å²) in [5, 5.41) is 4.26. The van der Waals surface area contributed by atoms with Crippen molar-refractivity contribution in [3.63, 3.8) is 0 Å². The number of ether oxygens (including phenoxy) is 1. The predicted molar refractivity (Wildman–Crippen MR) is 81.7 cm³/mol. The zero-order chi connectivity index (χ0) is 15.1. The summed E-state index contributed by atoms with van der Waals surface area (Å²) in [5.74, 6) is 1.51. The molecule has 1 aromatic carbocycles. The number of methoxy groups -OCH3 is 1. The van der Waals surface area contributed by atoms with Crippen molar-refractivity contribution >= 4 is 5.78 Å². The Morgan fingerprint density at radius 3 is 2.29 bits per heavy atom. The van der Waals surface area contributed by atoms with E-state index < -0.39 is 0 Å². The number of fused-ring (bicyclic) bond motifs is 1. The molecule has 5 nitrogen and oxygen atoms in total. The number of benzene rings is 1. The van der Waals surface area contributed by atoms with Crippen LogP contribution in [0.4, 0.5) is 0 Å². The van der Waals surface area contributed by atoms with Crippen LogP contribution in [0.3, 0.4) is 0 Å². The van der Waals surface area contributed by atoms with Crippen LogP contribution in [0.1, 0.15) is 22.5 Å². The lowest BCUT2D eigenvalue weighted by molar-refractivity contribution is 0.414. The summed E-state index contributed by atoms with van der Waals surface area (Å²) >= 11 is 0. The van der Waals surface area contributed by atoms with Gasteiger partial charge in [-0.1, -0.05) is 0 Å². The van der Waals surface area contributed by atoms with E-state index in [1.165, 1.54) is 23.0 Å². The summed E-state index contributed by atoms with van der Waals surface area (Å²) < 4.78 is 7.13. The largest absolute Gasteiger partial charge is 0.497 e. The zero-order valence-electron chi connectivity index (χ0n) is 12.9. The van der Waals surface area contributed by atoms with E-state index in [4.69, 9.17) is 4.74 Å². The van der Waals surface area contributed by atoms with Crippen LogP contribution in [0.15, 0.2) is 18.5 Å². The van der Waals surface area contributed by atoms with Gasteiger partial charge >= 0.3 is 0 Å². The van der Waals surface area contributed by atoms with Crippen LogP contribution < -0.4 is 4.74 Å². The number of nitrogens with zero attached hydrogens (tertiary/aromatic N) is 4. The standard InChI is InChI=1S/C16H18N4O/c1-9-6-13(21-5)7-10(2)14(9)15-11(3)19-16-17-8-18-20(16)12(15)4/h6-8H,1-5H3. The first-order chi connectivity index (χ1) is 10.0. The Labute approximate surface area is 123 Å². The molecule has 0 bridgehead atoms. The van der Waals surface area contributed by atoms with E-state index in [0.717, 1.165) is 22.7 Å². The van der Waals surface area contributed by atoms with Gasteiger partial charge in [-0.3, -0.25) is 0 Å². The number of aryl methyl sites for hydroxylation is 4. The molecule has 3 aromatic rings. The van der Waals surface area contributed by atoms with Crippen LogP contribution in [0, 0.1) is 27.7 Å². The molecular formula is C16H18N4O. The highest BCUT2D eigenvalue weighted by Crippen LogP contribution is 2.34. The van der Waals surface area contributed by atoms with E-state index in [-0.39, 0.29) is 0 Å². The highest BCUT2D eigenvalue weighted by molar-refractivity contribution is 5.76. The third-order valence-electron chi connectivity index (χ3n) is 3.83. The van der Waals surface area contributed by atoms with Crippen LogP contribution in [-0.2, 0) is 0 Å². The molecule has 0 aliphatic heterocycles. The zero-order valence-corrected chi connectivity index (χ0v) is 12.9. The maximum Gasteiger partial charge on any atom is 0.252 e. The second-order valence-corrected chi connectivity index (χ2v) is 5.27. The van der Waals surface area contributed by atoms with Crippen LogP contribution >= 0.6 is 0 Å². The van der Waals surface area contributed by atoms with Gasteiger partial charge in [0.2, 0.25) is 0 Å². The van der Waals surface area contributed by atoms with Crippen molar-refractivity contribution in [1.82, 2.24) is 19.6 Å². The average Bonchev–Trinajstić information content (AvgIpc) is 2.89. The first-order valence-electron chi connectivity index (χ1n) is 6.85. The first-order valence-corrected chi connectivity index (χ1v) is 6.85. The van der Waals surface area contributed by atoms with Crippen molar-refractivity contribution in [2.75, 3.05) is 7.11 Å². The molecule has 2 heterocycles. The SMILES string of the molecule is COc1cc(C)c(-c2c(C)nc3ncnn3c2C)c(C)c1. The molecule has 0 saturated carbocycles. The van der Waals surface area contributed by atoms with E-state index in [1.54, 1.807) is 11.6 Å². The Hall–Kier alpha value is -2.43. The molecule has 0 spiro atoms. The fraction of sp³-hybridized carbons (Fsp3) is 0.312. The third-order valence-corrected chi connectivity index (χ3v) is 3.83. The van der Waals surface area contributed by atoms with Gasteiger partial charge < -0.3 is 4.74 Å². The Bertz CT molecular complexity index is 813. The summed E-state index contributed by atoms with van der Waals surface area (Å²) in [6.07, 6.45) is 1.53. The molecular weight excluding hydrogens is 264 g/mol. The normalized spacial score (nSPS) is 11.1. The molecule has 0 fully saturated rings. The molecule has 0 aliphatic rings. The quantitative estimate of drug-likeness (QED) is 0.725. The lowest BCUT2D eigenvalue weighted by Crippen LogP contribution is -2.04. The van der Waals surface area contributed by atoms with Crippen molar-refractivity contribution in [3.05, 3.63) is 41.0 Å². The summed E-state index contributed by atoms with van der Waals surface area (Å²) in [6.45, 7) is 8.25. The van der Waals surface area contributed by atoms with Gasteiger partial charge in [-0.15, -0.1) is 0 Å². The maximum absolute atomic E-state index is 5.34. The molecule has 108 valence electrons. The lowest BCUT2D eigenvalue weighted by Gasteiger charge is -2.16. The van der Waals surface area contributed by atoms with Crippen molar-refractivity contribution in [3.8, 4) is 16.9 Å². The van der Waals surface area contributed by atoms with E-state index in [0.29, 0.717) is 5.78 Å². The van der Waals surface area contributed by atoms with Crippen LogP contribution in [0.25, 0.3) is 16.9 Å². The molecule has 0 amide bonds. The van der Waals surface area contributed by atoms with E-state index in [2.05, 4.69) is 35.8 Å². The molecule has 21 heavy (non-hydrogen) atoms. The summed E-state index contributed by atoms with van der Waals surface area (Å²) in [4.78, 5) is 8.72. The molecule has 5 heteroatoms. The van der Waals surface area contributed by atoms with E-state index in [1.807, 2.05) is 19.1 Å². The second kappa shape index (κ2) is 4.84. The summed E-state index contributed by atoms with van der Waals surface area (Å²) in [5.41, 5.74) is 6.65. The number of aromatic nitrogens is 4. The van der Waals surface area contributed by atoms with Gasteiger partial charge in [-0.05, 0) is 56.5 Å². The monoisotopic (exact) mass is 282 g/mol. The van der Waals surface area contributed by atoms with Gasteiger partial charge in [0.25, 0.3) is 5.78 Å². The maximum atomic E-state index is 5.34. The fourth-order valence-electron chi connectivity index (χ4n) is 2.92. The van der Waals surface area contributed by atoms with Crippen molar-refractivity contribution < 1.29 is 4.74 Å². The van der Waals surface area contributed by atoms with Crippen molar-refractivity contribution in [2.45, 2.75) is 27.7 Å². The van der Waals surface area contributed by atoms with Gasteiger partial charge in [0.15, 0.2) is 0 Å². The summed E-state index contributed by atoms with van der Waals surface area (Å²) in [7, 11) is 1.69. The van der Waals surface area contributed by atoms with Crippen molar-refractivity contribution in [2.24, 2.45) is 0 Å². The summed E-state index contributed by atoms with van der Waals surface area (Å²) in [6, 6.07) is 4.10. The fourth-order valence-corrected chi connectivity index (χ4v) is 2.92. The highest BCUT2D eigenvalue weighted by Gasteiger charge is 2.17. The van der Waals surface area contributed by atoms with E-state index >= 15 is 0 Å². The minimum absolute atomic E-state index is 0.637. The van der Waals surface area contributed by atoms with Gasteiger partial charge in [0.1, 0.15) is 12.1 Å². The van der Waals surface area contributed by atoms with Gasteiger partial charge in [0, 0.05) is 5.56 Å². The van der Waals surface area contributed by atoms with Crippen molar-refractivity contribution in [1.29, 1.82) is 0 Å². The van der Waals surface area contributed by atoms with Gasteiger partial charge in [0.05, 0.1) is 18.5 Å². The molecule has 0 unspecified atom stereocenters. The van der Waals surface area contributed by atoms with Crippen LogP contribution in [0.5, 0.6) is 5.75 Å². The molecule has 3 rings (SSSR count). The molecule has 2 aromatic heterocycles. The third kappa shape index (κ3) is 2.05. The minimum atomic E-state index is 0.637. The molecule has 0 N–H and O–H groups in total. The Balaban J connectivity index is 2.35. The topological polar surface area (TPSA) is 52.3 Å². The molecule has 0 radical (unpaired) electrons. The Morgan fingerprint density at radius 1 is 1.00 bits per heavy atom. The average molecular weight is 282 g/mol. The number of hydrogen-bond donors (Lipinski definition) is 0. The Morgan fingerprint density at radius 2 is 1.67 bits per heavy atom. The van der Waals surface area contributed by atoms with E-state index in [9.17, 15) is 0 Å². The van der Waals surface area contributed by atoms with Gasteiger partial charge in [-0.25, -0.2) is 9.50 Å². The van der Waals surface area contributed by atoms with Gasteiger partial charge in [-0.2, -0.15) is 10.1 Å². The lowest BCUT2D eigenvalue weighted by atomic mass is 9.93. The molecule has 0 aliphatic carbocycles. The predicted octanol–water partition coefficient (Wildman–Crippen LogP) is 3.03. The van der Waals surface area contributed by atoms with Crippen LogP contribution in [-0.4, -0.2) is 26.7 Å². The smallest absolute Gasteiger partial charge is 0.252 e. The minimum Gasteiger partial charge on any atom is -0.497 e. The molecule has 0 saturated heterocycles.